The molecule has 23 heavy (non-hydrogen) atoms. The van der Waals surface area contributed by atoms with Crippen LogP contribution in [0.5, 0.6) is 11.5 Å². The standard InChI is InChI=1S/C16H16Cl2N2O3/c1-2-22-13-6-4-12(5-7-13)20-16(21)19-10-23-15-8-3-11(17)9-14(15)18/h3-9H,2,10H2,1H3,(H2,19,20,21). The minimum absolute atomic E-state index is 0.0236. The molecule has 0 fully saturated rings. The van der Waals surface area contributed by atoms with E-state index in [-0.39, 0.29) is 12.8 Å². The zero-order chi connectivity index (χ0) is 16.7. The topological polar surface area (TPSA) is 59.6 Å². The molecule has 0 bridgehead atoms. The molecule has 0 aliphatic heterocycles. The van der Waals surface area contributed by atoms with E-state index in [1.165, 1.54) is 0 Å². The van der Waals surface area contributed by atoms with E-state index in [1.807, 2.05) is 6.92 Å². The van der Waals surface area contributed by atoms with Crippen molar-refractivity contribution in [2.75, 3.05) is 18.7 Å². The van der Waals surface area contributed by atoms with E-state index in [0.29, 0.717) is 28.1 Å². The molecule has 2 amide bonds. The third kappa shape index (κ3) is 5.54. The SMILES string of the molecule is CCOc1ccc(NC(=O)NCOc2ccc(Cl)cc2Cl)cc1. The lowest BCUT2D eigenvalue weighted by Gasteiger charge is -2.11. The Labute approximate surface area is 144 Å². The second kappa shape index (κ2) is 8.50. The Morgan fingerprint density at radius 1 is 1.09 bits per heavy atom. The maximum Gasteiger partial charge on any atom is 0.321 e. The summed E-state index contributed by atoms with van der Waals surface area (Å²) in [4.78, 5) is 11.8. The largest absolute Gasteiger partial charge is 0.494 e. The van der Waals surface area contributed by atoms with Gasteiger partial charge < -0.3 is 20.1 Å². The molecule has 2 N–H and O–H groups in total. The van der Waals surface area contributed by atoms with Gasteiger partial charge in [0.1, 0.15) is 11.5 Å². The maximum atomic E-state index is 11.8. The highest BCUT2D eigenvalue weighted by atomic mass is 35.5. The van der Waals surface area contributed by atoms with E-state index >= 15 is 0 Å². The first-order chi connectivity index (χ1) is 11.1. The normalized spacial score (nSPS) is 10.0. The number of carbonyl (C=O) groups excluding carboxylic acids is 1. The Morgan fingerprint density at radius 3 is 2.48 bits per heavy atom. The first-order valence-corrected chi connectivity index (χ1v) is 7.69. The molecular formula is C16H16Cl2N2O3. The van der Waals surface area contributed by atoms with Gasteiger partial charge in [0.25, 0.3) is 0 Å². The van der Waals surface area contributed by atoms with E-state index in [9.17, 15) is 4.79 Å². The second-order valence-corrected chi connectivity index (χ2v) is 5.30. The predicted molar refractivity (Wildman–Crippen MR) is 91.7 cm³/mol. The van der Waals surface area contributed by atoms with Gasteiger partial charge in [-0.25, -0.2) is 4.79 Å². The van der Waals surface area contributed by atoms with Crippen molar-refractivity contribution in [3.63, 3.8) is 0 Å². The summed E-state index contributed by atoms with van der Waals surface area (Å²) in [6, 6.07) is 11.5. The van der Waals surface area contributed by atoms with Crippen molar-refractivity contribution in [3.8, 4) is 11.5 Å². The van der Waals surface area contributed by atoms with Crippen LogP contribution in [0, 0.1) is 0 Å². The number of hydrogen-bond acceptors (Lipinski definition) is 3. The fourth-order valence-electron chi connectivity index (χ4n) is 1.75. The fourth-order valence-corrected chi connectivity index (χ4v) is 2.21. The smallest absolute Gasteiger partial charge is 0.321 e. The molecule has 0 radical (unpaired) electrons. The van der Waals surface area contributed by atoms with Gasteiger partial charge in [-0.05, 0) is 49.4 Å². The lowest BCUT2D eigenvalue weighted by atomic mass is 10.3. The summed E-state index contributed by atoms with van der Waals surface area (Å²) in [5.74, 6) is 1.19. The van der Waals surface area contributed by atoms with Gasteiger partial charge in [-0.15, -0.1) is 0 Å². The highest BCUT2D eigenvalue weighted by Gasteiger charge is 2.04. The minimum Gasteiger partial charge on any atom is -0.494 e. The summed E-state index contributed by atoms with van der Waals surface area (Å²) in [5.41, 5.74) is 0.649. The van der Waals surface area contributed by atoms with Gasteiger partial charge in [0.15, 0.2) is 6.73 Å². The highest BCUT2D eigenvalue weighted by molar-refractivity contribution is 6.35. The summed E-state index contributed by atoms with van der Waals surface area (Å²) in [6.07, 6.45) is 0. The first kappa shape index (κ1) is 17.2. The molecule has 122 valence electrons. The van der Waals surface area contributed by atoms with E-state index in [2.05, 4.69) is 10.6 Å². The van der Waals surface area contributed by atoms with Crippen molar-refractivity contribution in [3.05, 3.63) is 52.5 Å². The van der Waals surface area contributed by atoms with Crippen LogP contribution in [-0.2, 0) is 0 Å². The predicted octanol–water partition coefficient (Wildman–Crippen LogP) is 4.55. The lowest BCUT2D eigenvalue weighted by Crippen LogP contribution is -2.32. The fraction of sp³-hybridized carbons (Fsp3) is 0.188. The van der Waals surface area contributed by atoms with Crippen LogP contribution in [0.4, 0.5) is 10.5 Å². The molecule has 0 heterocycles. The van der Waals surface area contributed by atoms with E-state index in [0.717, 1.165) is 5.75 Å². The van der Waals surface area contributed by atoms with Crippen molar-refractivity contribution in [2.45, 2.75) is 6.92 Å². The Kier molecular flexibility index (Phi) is 6.38. The maximum absolute atomic E-state index is 11.8. The molecule has 2 aromatic rings. The molecule has 2 rings (SSSR count). The molecule has 0 unspecified atom stereocenters. The third-order valence-corrected chi connectivity index (χ3v) is 3.31. The molecule has 0 aromatic heterocycles. The number of carbonyl (C=O) groups is 1. The number of amides is 2. The van der Waals surface area contributed by atoms with Crippen molar-refractivity contribution in [1.82, 2.24) is 5.32 Å². The monoisotopic (exact) mass is 354 g/mol. The molecule has 5 nitrogen and oxygen atoms in total. The summed E-state index contributed by atoms with van der Waals surface area (Å²) < 4.78 is 10.7. The zero-order valence-corrected chi connectivity index (χ0v) is 13.9. The molecule has 0 saturated carbocycles. The molecule has 0 atom stereocenters. The number of rotatable bonds is 6. The Balaban J connectivity index is 1.78. The molecule has 0 aliphatic rings. The van der Waals surface area contributed by atoms with Crippen LogP contribution in [0.1, 0.15) is 6.92 Å². The van der Waals surface area contributed by atoms with Crippen LogP contribution in [0.2, 0.25) is 10.0 Å². The number of nitrogens with one attached hydrogen (secondary N) is 2. The van der Waals surface area contributed by atoms with Crippen molar-refractivity contribution in [2.24, 2.45) is 0 Å². The van der Waals surface area contributed by atoms with Gasteiger partial charge in [-0.3, -0.25) is 0 Å². The summed E-state index contributed by atoms with van der Waals surface area (Å²) in [5, 5.41) is 6.15. The highest BCUT2D eigenvalue weighted by Crippen LogP contribution is 2.27. The van der Waals surface area contributed by atoms with E-state index in [4.69, 9.17) is 32.7 Å². The summed E-state index contributed by atoms with van der Waals surface area (Å²) in [7, 11) is 0. The molecule has 0 aliphatic carbocycles. The van der Waals surface area contributed by atoms with Gasteiger partial charge in [0.2, 0.25) is 0 Å². The Morgan fingerprint density at radius 2 is 1.83 bits per heavy atom. The lowest BCUT2D eigenvalue weighted by molar-refractivity contribution is 0.234. The Hall–Kier alpha value is -2.11. The average molecular weight is 355 g/mol. The number of halogens is 2. The number of ether oxygens (including phenoxy) is 2. The zero-order valence-electron chi connectivity index (χ0n) is 12.4. The molecule has 0 spiro atoms. The van der Waals surface area contributed by atoms with Crippen LogP contribution < -0.4 is 20.1 Å². The second-order valence-electron chi connectivity index (χ2n) is 4.45. The van der Waals surface area contributed by atoms with E-state index in [1.54, 1.807) is 42.5 Å². The number of anilines is 1. The quantitative estimate of drug-likeness (QED) is 0.748. The van der Waals surface area contributed by atoms with E-state index < -0.39 is 0 Å². The van der Waals surface area contributed by atoms with Crippen molar-refractivity contribution < 1.29 is 14.3 Å². The van der Waals surface area contributed by atoms with Crippen LogP contribution in [0.25, 0.3) is 0 Å². The molecule has 2 aromatic carbocycles. The van der Waals surface area contributed by atoms with Gasteiger partial charge in [-0.2, -0.15) is 0 Å². The van der Waals surface area contributed by atoms with Crippen LogP contribution in [-0.4, -0.2) is 19.4 Å². The summed E-state index contributed by atoms with van der Waals surface area (Å²) >= 11 is 11.8. The van der Waals surface area contributed by atoms with Crippen LogP contribution in [0.15, 0.2) is 42.5 Å². The number of benzene rings is 2. The van der Waals surface area contributed by atoms with Gasteiger partial charge in [0.05, 0.1) is 11.6 Å². The minimum atomic E-state index is -0.390. The van der Waals surface area contributed by atoms with Crippen molar-refractivity contribution in [1.29, 1.82) is 0 Å². The Bertz CT molecular complexity index is 663. The van der Waals surface area contributed by atoms with Crippen LogP contribution >= 0.6 is 23.2 Å². The molecule has 7 heteroatoms. The summed E-state index contributed by atoms with van der Waals surface area (Å²) in [6.45, 7) is 2.48. The molecular weight excluding hydrogens is 339 g/mol. The van der Waals surface area contributed by atoms with Gasteiger partial charge in [-0.1, -0.05) is 23.2 Å². The third-order valence-electron chi connectivity index (χ3n) is 2.78. The van der Waals surface area contributed by atoms with Gasteiger partial charge in [0, 0.05) is 10.7 Å². The van der Waals surface area contributed by atoms with Crippen molar-refractivity contribution >= 4 is 34.9 Å². The van der Waals surface area contributed by atoms with Crippen LogP contribution in [0.3, 0.4) is 0 Å². The average Bonchev–Trinajstić information content (AvgIpc) is 2.52. The van der Waals surface area contributed by atoms with Gasteiger partial charge >= 0.3 is 6.03 Å². The first-order valence-electron chi connectivity index (χ1n) is 6.94. The number of urea groups is 1. The number of hydrogen-bond donors (Lipinski definition) is 2. The molecule has 0 saturated heterocycles.